The number of hydrogen-bond donors (Lipinski definition) is 1. The van der Waals surface area contributed by atoms with Crippen molar-refractivity contribution in [1.82, 2.24) is 4.98 Å². The van der Waals surface area contributed by atoms with E-state index in [1.165, 1.54) is 32.1 Å². The van der Waals surface area contributed by atoms with Gasteiger partial charge in [0.2, 0.25) is 5.88 Å². The van der Waals surface area contributed by atoms with Crippen molar-refractivity contribution in [2.45, 2.75) is 32.1 Å². The summed E-state index contributed by atoms with van der Waals surface area (Å²) in [5.74, 6) is 2.23. The average Bonchev–Trinajstić information content (AvgIpc) is 2.46. The molecule has 18 heavy (non-hydrogen) atoms. The number of methoxy groups -OCH3 is 1. The van der Waals surface area contributed by atoms with Crippen molar-refractivity contribution in [3.05, 3.63) is 18.2 Å². The molecule has 3 nitrogen and oxygen atoms in total. The molecule has 1 aromatic heterocycles. The highest BCUT2D eigenvalue weighted by Crippen LogP contribution is 2.37. The smallest absolute Gasteiger partial charge is 0.214 e. The third-order valence-corrected chi connectivity index (χ3v) is 4.34. The molecule has 0 aromatic carbocycles. The largest absolute Gasteiger partial charge is 0.481 e. The molecular weight excluding hydrogens is 248 g/mol. The van der Waals surface area contributed by atoms with E-state index in [0.717, 1.165) is 18.2 Å². The minimum Gasteiger partial charge on any atom is -0.481 e. The van der Waals surface area contributed by atoms with E-state index in [4.69, 9.17) is 16.3 Å². The Kier molecular flexibility index (Phi) is 4.70. The fourth-order valence-electron chi connectivity index (χ4n) is 2.56. The van der Waals surface area contributed by atoms with E-state index >= 15 is 0 Å². The van der Waals surface area contributed by atoms with Gasteiger partial charge in [-0.1, -0.05) is 25.3 Å². The molecule has 0 aliphatic heterocycles. The van der Waals surface area contributed by atoms with Gasteiger partial charge in [-0.25, -0.2) is 0 Å². The zero-order chi connectivity index (χ0) is 12.8. The van der Waals surface area contributed by atoms with E-state index in [1.54, 1.807) is 7.11 Å². The Morgan fingerprint density at radius 1 is 1.33 bits per heavy atom. The molecular formula is C14H21ClN2O. The first-order valence-electron chi connectivity index (χ1n) is 6.59. The maximum absolute atomic E-state index is 6.18. The minimum absolute atomic E-state index is 0.241. The fraction of sp³-hybridized carbons (Fsp3) is 0.643. The Morgan fingerprint density at radius 3 is 2.78 bits per heavy atom. The normalized spacial score (nSPS) is 18.3. The Hall–Kier alpha value is -0.960. The maximum Gasteiger partial charge on any atom is 0.214 e. The standard InChI is InChI=1S/C14H21ClN2O/c1-18-13-7-5-6-12(17-13)16-11-14(10-15)8-3-2-4-9-14/h5-7H,2-4,8-11H2,1H3,(H,16,17). The zero-order valence-electron chi connectivity index (χ0n) is 10.9. The predicted octanol–water partition coefficient (Wildman–Crippen LogP) is 3.69. The van der Waals surface area contributed by atoms with E-state index < -0.39 is 0 Å². The number of aromatic nitrogens is 1. The first kappa shape index (κ1) is 13.5. The molecule has 100 valence electrons. The van der Waals surface area contributed by atoms with Gasteiger partial charge in [-0.2, -0.15) is 4.98 Å². The van der Waals surface area contributed by atoms with Crippen LogP contribution >= 0.6 is 11.6 Å². The molecule has 1 aliphatic carbocycles. The third kappa shape index (κ3) is 3.29. The molecule has 0 saturated heterocycles. The molecule has 1 N–H and O–H groups in total. The van der Waals surface area contributed by atoms with E-state index in [0.29, 0.717) is 5.88 Å². The average molecular weight is 269 g/mol. The number of nitrogens with zero attached hydrogens (tertiary/aromatic N) is 1. The van der Waals surface area contributed by atoms with Crippen molar-refractivity contribution in [3.63, 3.8) is 0 Å². The first-order chi connectivity index (χ1) is 8.78. The van der Waals surface area contributed by atoms with E-state index in [-0.39, 0.29) is 5.41 Å². The third-order valence-electron chi connectivity index (χ3n) is 3.77. The number of halogens is 1. The quantitative estimate of drug-likeness (QED) is 0.827. The molecule has 0 radical (unpaired) electrons. The summed E-state index contributed by atoms with van der Waals surface area (Å²) >= 11 is 6.18. The topological polar surface area (TPSA) is 34.1 Å². The van der Waals surface area contributed by atoms with Gasteiger partial charge >= 0.3 is 0 Å². The summed E-state index contributed by atoms with van der Waals surface area (Å²) in [5, 5.41) is 3.41. The molecule has 4 heteroatoms. The van der Waals surface area contributed by atoms with Crippen LogP contribution in [-0.2, 0) is 0 Å². The molecule has 1 aromatic rings. The number of ether oxygens (including phenoxy) is 1. The SMILES string of the molecule is COc1cccc(NCC2(CCl)CCCCC2)n1. The second kappa shape index (κ2) is 6.28. The Morgan fingerprint density at radius 2 is 2.11 bits per heavy atom. The number of hydrogen-bond acceptors (Lipinski definition) is 3. The van der Waals surface area contributed by atoms with Crippen LogP contribution in [0.1, 0.15) is 32.1 Å². The van der Waals surface area contributed by atoms with Crippen LogP contribution in [-0.4, -0.2) is 24.5 Å². The van der Waals surface area contributed by atoms with Crippen molar-refractivity contribution < 1.29 is 4.74 Å². The molecule has 1 heterocycles. The molecule has 0 amide bonds. The van der Waals surface area contributed by atoms with Crippen LogP contribution in [0, 0.1) is 5.41 Å². The summed E-state index contributed by atoms with van der Waals surface area (Å²) < 4.78 is 5.12. The molecule has 0 atom stereocenters. The lowest BCUT2D eigenvalue weighted by Crippen LogP contribution is -2.34. The molecule has 1 aliphatic rings. The van der Waals surface area contributed by atoms with Crippen LogP contribution in [0.2, 0.25) is 0 Å². The Bertz CT molecular complexity index is 378. The van der Waals surface area contributed by atoms with Crippen molar-refractivity contribution in [1.29, 1.82) is 0 Å². The van der Waals surface area contributed by atoms with Gasteiger partial charge in [-0.3, -0.25) is 0 Å². The summed E-state index contributed by atoms with van der Waals surface area (Å²) in [7, 11) is 1.63. The van der Waals surface area contributed by atoms with Gasteiger partial charge in [-0.15, -0.1) is 11.6 Å². The van der Waals surface area contributed by atoms with Gasteiger partial charge in [0.1, 0.15) is 5.82 Å². The van der Waals surface area contributed by atoms with Crippen LogP contribution in [0.4, 0.5) is 5.82 Å². The van der Waals surface area contributed by atoms with E-state index in [2.05, 4.69) is 10.3 Å². The zero-order valence-corrected chi connectivity index (χ0v) is 11.7. The van der Waals surface area contributed by atoms with Crippen molar-refractivity contribution >= 4 is 17.4 Å². The Balaban J connectivity index is 1.96. The Labute approximate surface area is 114 Å². The monoisotopic (exact) mass is 268 g/mol. The highest BCUT2D eigenvalue weighted by atomic mass is 35.5. The molecule has 1 saturated carbocycles. The highest BCUT2D eigenvalue weighted by Gasteiger charge is 2.30. The van der Waals surface area contributed by atoms with Crippen LogP contribution < -0.4 is 10.1 Å². The second-order valence-electron chi connectivity index (χ2n) is 5.11. The van der Waals surface area contributed by atoms with Gasteiger partial charge in [0.15, 0.2) is 0 Å². The molecule has 0 bridgehead atoms. The predicted molar refractivity (Wildman–Crippen MR) is 75.5 cm³/mol. The molecule has 2 rings (SSSR count). The molecule has 1 fully saturated rings. The van der Waals surface area contributed by atoms with E-state index in [1.807, 2.05) is 18.2 Å². The van der Waals surface area contributed by atoms with Crippen LogP contribution in [0.25, 0.3) is 0 Å². The van der Waals surface area contributed by atoms with Crippen molar-refractivity contribution in [2.24, 2.45) is 5.41 Å². The van der Waals surface area contributed by atoms with Crippen LogP contribution in [0.3, 0.4) is 0 Å². The maximum atomic E-state index is 6.18. The van der Waals surface area contributed by atoms with Gasteiger partial charge < -0.3 is 10.1 Å². The summed E-state index contributed by atoms with van der Waals surface area (Å²) in [6, 6.07) is 5.76. The van der Waals surface area contributed by atoms with Crippen LogP contribution in [0.5, 0.6) is 5.88 Å². The lowest BCUT2D eigenvalue weighted by atomic mass is 9.75. The number of anilines is 1. The number of pyridine rings is 1. The van der Waals surface area contributed by atoms with Gasteiger partial charge in [0, 0.05) is 23.9 Å². The summed E-state index contributed by atoms with van der Waals surface area (Å²) in [6.07, 6.45) is 6.36. The van der Waals surface area contributed by atoms with Crippen molar-refractivity contribution in [2.75, 3.05) is 24.9 Å². The molecule has 0 spiro atoms. The summed E-state index contributed by atoms with van der Waals surface area (Å²) in [6.45, 7) is 0.899. The summed E-state index contributed by atoms with van der Waals surface area (Å²) in [5.41, 5.74) is 0.241. The van der Waals surface area contributed by atoms with Crippen molar-refractivity contribution in [3.8, 4) is 5.88 Å². The fourth-order valence-corrected chi connectivity index (χ4v) is 2.93. The summed E-state index contributed by atoms with van der Waals surface area (Å²) in [4.78, 5) is 4.36. The lowest BCUT2D eigenvalue weighted by molar-refractivity contribution is 0.238. The highest BCUT2D eigenvalue weighted by molar-refractivity contribution is 6.18. The van der Waals surface area contributed by atoms with E-state index in [9.17, 15) is 0 Å². The number of alkyl halides is 1. The first-order valence-corrected chi connectivity index (χ1v) is 7.12. The molecule has 0 unspecified atom stereocenters. The number of nitrogens with one attached hydrogen (secondary N) is 1. The number of rotatable bonds is 5. The van der Waals surface area contributed by atoms with Crippen LogP contribution in [0.15, 0.2) is 18.2 Å². The van der Waals surface area contributed by atoms with Gasteiger partial charge in [-0.05, 0) is 18.9 Å². The van der Waals surface area contributed by atoms with Gasteiger partial charge in [0.25, 0.3) is 0 Å². The second-order valence-corrected chi connectivity index (χ2v) is 5.38. The minimum atomic E-state index is 0.241. The van der Waals surface area contributed by atoms with Gasteiger partial charge in [0.05, 0.1) is 7.11 Å². The lowest BCUT2D eigenvalue weighted by Gasteiger charge is -2.35.